The average molecular weight is 330 g/mol. The van der Waals surface area contributed by atoms with E-state index in [1.165, 1.54) is 5.56 Å². The normalized spacial score (nSPS) is 11.7. The van der Waals surface area contributed by atoms with Crippen molar-refractivity contribution >= 4 is 22.9 Å². The molecule has 2 aromatic carbocycles. The number of benzene rings is 2. The first-order chi connectivity index (χ1) is 11.1. The summed E-state index contributed by atoms with van der Waals surface area (Å²) in [7, 11) is 0. The lowest BCUT2D eigenvalue weighted by Crippen LogP contribution is -1.87. The molecule has 0 fully saturated rings. The number of hydrogen-bond donors (Lipinski definition) is 0. The Hall–Kier alpha value is -1.99. The molecular formula is C21H26ClO+. The van der Waals surface area contributed by atoms with E-state index in [2.05, 4.69) is 13.0 Å². The molecule has 0 aliphatic carbocycles. The quantitative estimate of drug-likeness (QED) is 0.360. The van der Waals surface area contributed by atoms with Gasteiger partial charge in [-0.05, 0) is 48.7 Å². The van der Waals surface area contributed by atoms with Crippen LogP contribution in [0.5, 0.6) is 0 Å². The Kier molecular flexibility index (Phi) is 8.21. The molecule has 0 atom stereocenters. The molecule has 0 heterocycles. The van der Waals surface area contributed by atoms with Gasteiger partial charge in [0.2, 0.25) is 0 Å². The molecule has 2 rings (SSSR count). The third-order valence-corrected chi connectivity index (χ3v) is 3.52. The highest BCUT2D eigenvalue weighted by Gasteiger charge is 2.07. The summed E-state index contributed by atoms with van der Waals surface area (Å²) >= 11 is 5.94. The summed E-state index contributed by atoms with van der Waals surface area (Å²) in [4.78, 5) is 0. The van der Waals surface area contributed by atoms with Crippen molar-refractivity contribution in [2.75, 3.05) is 0 Å². The van der Waals surface area contributed by atoms with Crippen LogP contribution in [0, 0.1) is 6.92 Å². The first-order valence-electron chi connectivity index (χ1n) is 8.06. The molecule has 0 unspecified atom stereocenters. The van der Waals surface area contributed by atoms with Crippen LogP contribution in [0.4, 0.5) is 0 Å². The molecule has 1 nitrogen and oxygen atoms in total. The fraction of sp³-hybridized carbons (Fsp3) is 0.238. The summed E-state index contributed by atoms with van der Waals surface area (Å²) in [6, 6.07) is 15.8. The van der Waals surface area contributed by atoms with E-state index in [0.717, 1.165) is 28.1 Å². The molecule has 23 heavy (non-hydrogen) atoms. The van der Waals surface area contributed by atoms with Gasteiger partial charge in [-0.1, -0.05) is 68.3 Å². The zero-order valence-corrected chi connectivity index (χ0v) is 15.1. The lowest BCUT2D eigenvalue weighted by Gasteiger charge is -2.04. The van der Waals surface area contributed by atoms with Gasteiger partial charge >= 0.3 is 0 Å². The Bertz CT molecular complexity index is 649. The van der Waals surface area contributed by atoms with E-state index < -0.39 is 0 Å². The van der Waals surface area contributed by atoms with Gasteiger partial charge < -0.3 is 5.11 Å². The third-order valence-electron chi connectivity index (χ3n) is 3.26. The maximum Gasteiger partial charge on any atom is 0.261 e. The Morgan fingerprint density at radius 1 is 0.957 bits per heavy atom. The predicted molar refractivity (Wildman–Crippen MR) is 104 cm³/mol. The molecule has 2 heteroatoms. The second-order valence-electron chi connectivity index (χ2n) is 5.00. The smallest absolute Gasteiger partial charge is 0.261 e. The Balaban J connectivity index is 0.00000127. The zero-order valence-electron chi connectivity index (χ0n) is 14.4. The molecule has 0 amide bonds. The summed E-state index contributed by atoms with van der Waals surface area (Å²) in [6.45, 7) is 8.15. The molecule has 0 radical (unpaired) electrons. The van der Waals surface area contributed by atoms with Crippen molar-refractivity contribution in [2.24, 2.45) is 0 Å². The topological polar surface area (TPSA) is 22.9 Å². The Morgan fingerprint density at radius 3 is 2.00 bits per heavy atom. The maximum absolute atomic E-state index is 8.28. The summed E-state index contributed by atoms with van der Waals surface area (Å²) in [5.41, 5.74) is 4.27. The largest absolute Gasteiger partial charge is 0.593 e. The lowest BCUT2D eigenvalue weighted by molar-refractivity contribution is 0.512. The monoisotopic (exact) mass is 329 g/mol. The SMILES string of the molecule is CC.CC/C=C(\C=C(/[OH2+])c1ccc(C)cc1)c1ccc(Cl)cc1. The first-order valence-corrected chi connectivity index (χ1v) is 8.44. The molecule has 122 valence electrons. The molecule has 2 N–H and O–H groups in total. The predicted octanol–water partition coefficient (Wildman–Crippen LogP) is 6.23. The number of aryl methyl sites for hydroxylation is 1. The maximum atomic E-state index is 8.28. The van der Waals surface area contributed by atoms with Crippen LogP contribution in [0.25, 0.3) is 11.3 Å². The minimum atomic E-state index is 0.518. The number of hydrogen-bond acceptors (Lipinski definition) is 0. The van der Waals surface area contributed by atoms with E-state index in [9.17, 15) is 0 Å². The molecule has 0 saturated heterocycles. The van der Waals surface area contributed by atoms with Gasteiger partial charge in [0.15, 0.2) is 0 Å². The highest BCUT2D eigenvalue weighted by atomic mass is 35.5. The van der Waals surface area contributed by atoms with Gasteiger partial charge in [-0.3, -0.25) is 0 Å². The van der Waals surface area contributed by atoms with Crippen LogP contribution >= 0.6 is 11.6 Å². The van der Waals surface area contributed by atoms with Crippen molar-refractivity contribution in [1.29, 1.82) is 0 Å². The second kappa shape index (κ2) is 9.91. The van der Waals surface area contributed by atoms with Crippen LogP contribution in [0.15, 0.2) is 60.7 Å². The standard InChI is InChI=1S/C19H19ClO.C2H6/c1-3-4-17(15-9-11-18(20)12-10-15)13-19(21)16-7-5-14(2)6-8-16;1-2/h4-13,21H,3H2,1-2H3;1-2H3/p+1/b17-4+,19-13-;. The van der Waals surface area contributed by atoms with Crippen LogP contribution in [-0.2, 0) is 0 Å². The molecule has 0 aliphatic rings. The van der Waals surface area contributed by atoms with E-state index in [1.54, 1.807) is 0 Å². The van der Waals surface area contributed by atoms with Crippen LogP contribution < -0.4 is 0 Å². The van der Waals surface area contributed by atoms with Crippen molar-refractivity contribution in [3.05, 3.63) is 82.4 Å². The zero-order chi connectivity index (χ0) is 17.2. The molecule has 2 aromatic rings. The van der Waals surface area contributed by atoms with Gasteiger partial charge in [-0.25, -0.2) is 0 Å². The van der Waals surface area contributed by atoms with Crippen molar-refractivity contribution in [2.45, 2.75) is 34.1 Å². The highest BCUT2D eigenvalue weighted by molar-refractivity contribution is 6.30. The van der Waals surface area contributed by atoms with Crippen molar-refractivity contribution in [3.63, 3.8) is 0 Å². The Labute approximate surface area is 144 Å². The van der Waals surface area contributed by atoms with Gasteiger partial charge in [-0.15, -0.1) is 0 Å². The van der Waals surface area contributed by atoms with Crippen molar-refractivity contribution in [3.8, 4) is 0 Å². The fourth-order valence-electron chi connectivity index (χ4n) is 2.09. The number of rotatable bonds is 4. The van der Waals surface area contributed by atoms with E-state index in [0.29, 0.717) is 5.76 Å². The summed E-state index contributed by atoms with van der Waals surface area (Å²) in [5.74, 6) is 0.518. The highest BCUT2D eigenvalue weighted by Crippen LogP contribution is 2.23. The van der Waals surface area contributed by atoms with Crippen LogP contribution in [0.2, 0.25) is 5.02 Å². The van der Waals surface area contributed by atoms with Crippen LogP contribution in [0.1, 0.15) is 43.9 Å². The van der Waals surface area contributed by atoms with E-state index in [4.69, 9.17) is 16.7 Å². The van der Waals surface area contributed by atoms with Crippen LogP contribution in [0.3, 0.4) is 0 Å². The van der Waals surface area contributed by atoms with Gasteiger partial charge in [0.1, 0.15) is 0 Å². The molecule has 0 aromatic heterocycles. The van der Waals surface area contributed by atoms with Gasteiger partial charge in [0.05, 0.1) is 5.56 Å². The van der Waals surface area contributed by atoms with E-state index in [-0.39, 0.29) is 0 Å². The van der Waals surface area contributed by atoms with Gasteiger partial charge in [0, 0.05) is 11.1 Å². The summed E-state index contributed by atoms with van der Waals surface area (Å²) < 4.78 is 0. The van der Waals surface area contributed by atoms with Crippen molar-refractivity contribution < 1.29 is 5.11 Å². The average Bonchev–Trinajstić information content (AvgIpc) is 2.57. The summed E-state index contributed by atoms with van der Waals surface area (Å²) in [6.07, 6.45) is 4.97. The van der Waals surface area contributed by atoms with E-state index >= 15 is 0 Å². The molecule has 0 aliphatic heterocycles. The first kappa shape index (κ1) is 19.1. The number of allylic oxidation sites excluding steroid dienone is 3. The van der Waals surface area contributed by atoms with Crippen molar-refractivity contribution in [1.82, 2.24) is 0 Å². The molecule has 0 bridgehead atoms. The second-order valence-corrected chi connectivity index (χ2v) is 5.44. The fourth-order valence-corrected chi connectivity index (χ4v) is 2.22. The van der Waals surface area contributed by atoms with Crippen LogP contribution in [-0.4, -0.2) is 5.11 Å². The third kappa shape index (κ3) is 5.96. The molecule has 0 spiro atoms. The van der Waals surface area contributed by atoms with Gasteiger partial charge in [-0.2, -0.15) is 0 Å². The molecular weight excluding hydrogens is 304 g/mol. The van der Waals surface area contributed by atoms with E-state index in [1.807, 2.05) is 75.4 Å². The number of halogens is 1. The minimum absolute atomic E-state index is 0.518. The van der Waals surface area contributed by atoms with Gasteiger partial charge in [0.25, 0.3) is 5.76 Å². The Morgan fingerprint density at radius 2 is 1.48 bits per heavy atom. The lowest BCUT2D eigenvalue weighted by atomic mass is 10.0. The molecule has 0 saturated carbocycles. The summed E-state index contributed by atoms with van der Waals surface area (Å²) in [5, 5.41) is 9.00. The minimum Gasteiger partial charge on any atom is -0.593 e.